The fraction of sp³-hybridized carbons (Fsp3) is 0.833. The van der Waals surface area contributed by atoms with Crippen LogP contribution in [0.1, 0.15) is 27.2 Å². The van der Waals surface area contributed by atoms with Crippen LogP contribution in [0.3, 0.4) is 0 Å². The average molecular weight is 241 g/mol. The van der Waals surface area contributed by atoms with Crippen molar-refractivity contribution in [3.05, 3.63) is 0 Å². The van der Waals surface area contributed by atoms with Crippen molar-refractivity contribution >= 4 is 11.8 Å². The van der Waals surface area contributed by atoms with Gasteiger partial charge in [0.2, 0.25) is 0 Å². The number of carbonyl (C=O) groups is 2. The second-order valence-electron chi connectivity index (χ2n) is 4.69. The third-order valence-electron chi connectivity index (χ3n) is 2.83. The second-order valence-corrected chi connectivity index (χ2v) is 4.69. The Labute approximate surface area is 103 Å². The fourth-order valence-corrected chi connectivity index (χ4v) is 1.90. The summed E-state index contributed by atoms with van der Waals surface area (Å²) in [6.07, 6.45) is 0.897. The van der Waals surface area contributed by atoms with E-state index in [0.717, 1.165) is 13.0 Å². The average Bonchev–Trinajstić information content (AvgIpc) is 2.28. The van der Waals surface area contributed by atoms with Crippen LogP contribution < -0.4 is 5.32 Å². The first-order chi connectivity index (χ1) is 8.06. The Morgan fingerprint density at radius 3 is 2.12 bits per heavy atom. The van der Waals surface area contributed by atoms with Crippen LogP contribution in [0.4, 0.5) is 0 Å². The Morgan fingerprint density at radius 2 is 1.65 bits per heavy atom. The zero-order valence-electron chi connectivity index (χ0n) is 11.0. The van der Waals surface area contributed by atoms with Crippen LogP contribution in [0, 0.1) is 0 Å². The number of piperazine rings is 1. The molecule has 1 aliphatic rings. The standard InChI is InChI=1S/C12H23N3O2/c1-4-6-14-8-9-15(12(17)11(14)16)7-5-13-10(2)3/h10,13H,4-9H2,1-3H3. The fourth-order valence-electron chi connectivity index (χ4n) is 1.90. The highest BCUT2D eigenvalue weighted by molar-refractivity contribution is 6.35. The van der Waals surface area contributed by atoms with Gasteiger partial charge >= 0.3 is 11.8 Å². The molecule has 1 rings (SSSR count). The molecule has 5 heteroatoms. The predicted molar refractivity (Wildman–Crippen MR) is 66.6 cm³/mol. The molecule has 1 fully saturated rings. The number of nitrogens with zero attached hydrogens (tertiary/aromatic N) is 2. The molecule has 0 aliphatic carbocycles. The van der Waals surface area contributed by atoms with Crippen molar-refractivity contribution in [1.82, 2.24) is 15.1 Å². The van der Waals surface area contributed by atoms with E-state index in [9.17, 15) is 9.59 Å². The molecular formula is C12H23N3O2. The minimum absolute atomic E-state index is 0.345. The third-order valence-corrected chi connectivity index (χ3v) is 2.83. The highest BCUT2D eigenvalue weighted by Gasteiger charge is 2.31. The van der Waals surface area contributed by atoms with Gasteiger partial charge in [-0.3, -0.25) is 9.59 Å². The SMILES string of the molecule is CCCN1CCN(CCNC(C)C)C(=O)C1=O. The molecule has 0 radical (unpaired) electrons. The van der Waals surface area contributed by atoms with Gasteiger partial charge < -0.3 is 15.1 Å². The first-order valence-electron chi connectivity index (χ1n) is 6.37. The lowest BCUT2D eigenvalue weighted by atomic mass is 10.2. The Morgan fingerprint density at radius 1 is 1.12 bits per heavy atom. The van der Waals surface area contributed by atoms with Crippen LogP contribution in [-0.2, 0) is 9.59 Å². The second kappa shape index (κ2) is 6.59. The molecule has 1 N–H and O–H groups in total. The number of hydrogen-bond donors (Lipinski definition) is 1. The van der Waals surface area contributed by atoms with Gasteiger partial charge in [0.1, 0.15) is 0 Å². The van der Waals surface area contributed by atoms with Gasteiger partial charge in [0.05, 0.1) is 0 Å². The zero-order chi connectivity index (χ0) is 12.8. The normalized spacial score (nSPS) is 17.2. The Kier molecular flexibility index (Phi) is 5.41. The summed E-state index contributed by atoms with van der Waals surface area (Å²) in [5, 5.41) is 3.25. The van der Waals surface area contributed by atoms with Crippen LogP contribution in [0.15, 0.2) is 0 Å². The largest absolute Gasteiger partial charge is 0.333 e. The van der Waals surface area contributed by atoms with Gasteiger partial charge in [-0.05, 0) is 6.42 Å². The molecule has 1 aliphatic heterocycles. The van der Waals surface area contributed by atoms with E-state index in [0.29, 0.717) is 32.2 Å². The predicted octanol–water partition coefficient (Wildman–Crippen LogP) is 0.0652. The first kappa shape index (κ1) is 14.0. The number of hydrogen-bond acceptors (Lipinski definition) is 3. The van der Waals surface area contributed by atoms with E-state index in [1.165, 1.54) is 0 Å². The first-order valence-corrected chi connectivity index (χ1v) is 6.37. The van der Waals surface area contributed by atoms with Crippen LogP contribution in [-0.4, -0.2) is 60.4 Å². The van der Waals surface area contributed by atoms with E-state index in [-0.39, 0.29) is 11.8 Å². The Bertz CT molecular complexity index is 279. The summed E-state index contributed by atoms with van der Waals surface area (Å²) in [6, 6.07) is 0.405. The molecule has 0 saturated carbocycles. The molecule has 0 aromatic carbocycles. The summed E-state index contributed by atoms with van der Waals surface area (Å²) in [5.74, 6) is -0.696. The van der Waals surface area contributed by atoms with Gasteiger partial charge in [0, 0.05) is 38.8 Å². The molecule has 0 aromatic heterocycles. The molecule has 98 valence electrons. The Hall–Kier alpha value is -1.10. The Balaban J connectivity index is 2.40. The molecule has 5 nitrogen and oxygen atoms in total. The quantitative estimate of drug-likeness (QED) is 0.669. The summed E-state index contributed by atoms with van der Waals surface area (Å²) in [4.78, 5) is 26.8. The maximum Gasteiger partial charge on any atom is 0.312 e. The van der Waals surface area contributed by atoms with E-state index in [4.69, 9.17) is 0 Å². The molecule has 1 saturated heterocycles. The zero-order valence-corrected chi connectivity index (χ0v) is 11.0. The van der Waals surface area contributed by atoms with Gasteiger partial charge in [0.25, 0.3) is 0 Å². The molecule has 2 amide bonds. The molecule has 0 unspecified atom stereocenters. The van der Waals surface area contributed by atoms with E-state index in [1.807, 2.05) is 6.92 Å². The van der Waals surface area contributed by atoms with Gasteiger partial charge in [-0.1, -0.05) is 20.8 Å². The molecule has 0 bridgehead atoms. The highest BCUT2D eigenvalue weighted by atomic mass is 16.2. The molecule has 0 spiro atoms. The number of carbonyl (C=O) groups excluding carboxylic acids is 2. The van der Waals surface area contributed by atoms with Crippen molar-refractivity contribution in [2.45, 2.75) is 33.2 Å². The van der Waals surface area contributed by atoms with E-state index < -0.39 is 0 Å². The maximum atomic E-state index is 11.8. The monoisotopic (exact) mass is 241 g/mol. The summed E-state index contributed by atoms with van der Waals surface area (Å²) < 4.78 is 0. The number of amides is 2. The molecule has 0 aromatic rings. The third kappa shape index (κ3) is 4.00. The van der Waals surface area contributed by atoms with Gasteiger partial charge in [-0.25, -0.2) is 0 Å². The van der Waals surface area contributed by atoms with Crippen molar-refractivity contribution in [2.24, 2.45) is 0 Å². The lowest BCUT2D eigenvalue weighted by Crippen LogP contribution is -2.55. The van der Waals surface area contributed by atoms with Crippen molar-refractivity contribution in [1.29, 1.82) is 0 Å². The molecule has 1 heterocycles. The maximum absolute atomic E-state index is 11.8. The van der Waals surface area contributed by atoms with Gasteiger partial charge in [-0.2, -0.15) is 0 Å². The molecule has 17 heavy (non-hydrogen) atoms. The van der Waals surface area contributed by atoms with E-state index in [2.05, 4.69) is 19.2 Å². The van der Waals surface area contributed by atoms with Crippen LogP contribution >= 0.6 is 0 Å². The summed E-state index contributed by atoms with van der Waals surface area (Å²) in [5.41, 5.74) is 0. The number of rotatable bonds is 6. The van der Waals surface area contributed by atoms with E-state index in [1.54, 1.807) is 9.80 Å². The van der Waals surface area contributed by atoms with Gasteiger partial charge in [0.15, 0.2) is 0 Å². The molecule has 0 atom stereocenters. The minimum Gasteiger partial charge on any atom is -0.333 e. The van der Waals surface area contributed by atoms with Crippen molar-refractivity contribution in [2.75, 3.05) is 32.7 Å². The van der Waals surface area contributed by atoms with Gasteiger partial charge in [-0.15, -0.1) is 0 Å². The van der Waals surface area contributed by atoms with Crippen LogP contribution in [0.2, 0.25) is 0 Å². The lowest BCUT2D eigenvalue weighted by Gasteiger charge is -2.33. The minimum atomic E-state index is -0.352. The van der Waals surface area contributed by atoms with Crippen LogP contribution in [0.5, 0.6) is 0 Å². The summed E-state index contributed by atoms with van der Waals surface area (Å²) >= 11 is 0. The van der Waals surface area contributed by atoms with E-state index >= 15 is 0 Å². The summed E-state index contributed by atoms with van der Waals surface area (Å²) in [7, 11) is 0. The molecular weight excluding hydrogens is 218 g/mol. The highest BCUT2D eigenvalue weighted by Crippen LogP contribution is 2.05. The van der Waals surface area contributed by atoms with Crippen molar-refractivity contribution in [3.63, 3.8) is 0 Å². The topological polar surface area (TPSA) is 52.6 Å². The summed E-state index contributed by atoms with van der Waals surface area (Å²) in [6.45, 7) is 9.50. The van der Waals surface area contributed by atoms with Crippen LogP contribution in [0.25, 0.3) is 0 Å². The van der Waals surface area contributed by atoms with Crippen molar-refractivity contribution < 1.29 is 9.59 Å². The lowest BCUT2D eigenvalue weighted by molar-refractivity contribution is -0.155. The number of nitrogens with one attached hydrogen (secondary N) is 1. The van der Waals surface area contributed by atoms with Crippen molar-refractivity contribution in [3.8, 4) is 0 Å². The smallest absolute Gasteiger partial charge is 0.312 e.